The third kappa shape index (κ3) is 40.1. The first-order chi connectivity index (χ1) is 25.7. The van der Waals surface area contributed by atoms with Gasteiger partial charge < -0.3 is 15.5 Å². The molecule has 2 atom stereocenters. The van der Waals surface area contributed by atoms with Gasteiger partial charge in [-0.3, -0.25) is 4.79 Å². The van der Waals surface area contributed by atoms with Crippen molar-refractivity contribution in [2.45, 2.75) is 270 Å². The van der Waals surface area contributed by atoms with Crippen LogP contribution in [0.2, 0.25) is 0 Å². The Hall–Kier alpha value is -1.13. The lowest BCUT2D eigenvalue weighted by Gasteiger charge is -2.20. The number of hydrogen-bond acceptors (Lipinski definition) is 3. The molecule has 0 spiro atoms. The second-order valence-corrected chi connectivity index (χ2v) is 16.2. The summed E-state index contributed by atoms with van der Waals surface area (Å²) in [5.41, 5.74) is 0. The second kappa shape index (κ2) is 44.3. The van der Waals surface area contributed by atoms with Crippen LogP contribution in [-0.2, 0) is 4.79 Å². The summed E-state index contributed by atoms with van der Waals surface area (Å²) in [5, 5.41) is 23.0. The summed E-state index contributed by atoms with van der Waals surface area (Å²) in [6.07, 6.45) is 57.4. The summed E-state index contributed by atoms with van der Waals surface area (Å²) in [4.78, 5) is 12.4. The molecule has 308 valence electrons. The fourth-order valence-electron chi connectivity index (χ4n) is 7.30. The zero-order valence-electron chi connectivity index (χ0n) is 35.3. The zero-order chi connectivity index (χ0) is 37.8. The Kier molecular flexibility index (Phi) is 43.3. The Morgan fingerprint density at radius 3 is 1.13 bits per heavy atom. The number of unbranched alkanes of at least 4 members (excludes halogenated alkanes) is 34. The number of allylic oxidation sites excluding steroid dienone is 3. The van der Waals surface area contributed by atoms with E-state index in [2.05, 4.69) is 31.3 Å². The van der Waals surface area contributed by atoms with E-state index in [0.717, 1.165) is 25.7 Å². The van der Waals surface area contributed by atoms with E-state index in [1.165, 1.54) is 212 Å². The Morgan fingerprint density at radius 2 is 0.769 bits per heavy atom. The van der Waals surface area contributed by atoms with Crippen LogP contribution in [0.1, 0.15) is 258 Å². The predicted molar refractivity (Wildman–Crippen MR) is 230 cm³/mol. The number of aliphatic hydroxyl groups is 2. The normalized spacial score (nSPS) is 13.1. The Balaban J connectivity index is 3.45. The molecule has 0 aromatic carbocycles. The van der Waals surface area contributed by atoms with Gasteiger partial charge in [-0.25, -0.2) is 0 Å². The number of aliphatic hydroxyl groups excluding tert-OH is 2. The van der Waals surface area contributed by atoms with E-state index in [4.69, 9.17) is 0 Å². The van der Waals surface area contributed by atoms with E-state index >= 15 is 0 Å². The minimum Gasteiger partial charge on any atom is -0.394 e. The van der Waals surface area contributed by atoms with Crippen LogP contribution in [0.4, 0.5) is 0 Å². The highest BCUT2D eigenvalue weighted by Crippen LogP contribution is 2.17. The van der Waals surface area contributed by atoms with Gasteiger partial charge in [0.1, 0.15) is 0 Å². The van der Waals surface area contributed by atoms with Crippen molar-refractivity contribution in [1.29, 1.82) is 0 Å². The maximum absolute atomic E-state index is 12.4. The fourth-order valence-corrected chi connectivity index (χ4v) is 7.30. The van der Waals surface area contributed by atoms with Crippen LogP contribution in [0.3, 0.4) is 0 Å². The first kappa shape index (κ1) is 50.9. The number of carbonyl (C=O) groups is 1. The number of carbonyl (C=O) groups excluding carboxylic acids is 1. The van der Waals surface area contributed by atoms with E-state index < -0.39 is 12.1 Å². The monoisotopic (exact) mass is 732 g/mol. The maximum atomic E-state index is 12.4. The lowest BCUT2D eigenvalue weighted by atomic mass is 10.0. The number of amides is 1. The molecule has 0 bridgehead atoms. The molecule has 4 heteroatoms. The second-order valence-electron chi connectivity index (χ2n) is 16.2. The van der Waals surface area contributed by atoms with Crippen LogP contribution in [0, 0.1) is 0 Å². The van der Waals surface area contributed by atoms with Gasteiger partial charge in [0.2, 0.25) is 5.91 Å². The highest BCUT2D eigenvalue weighted by molar-refractivity contribution is 5.76. The van der Waals surface area contributed by atoms with Gasteiger partial charge in [-0.05, 0) is 38.5 Å². The Morgan fingerprint density at radius 1 is 0.442 bits per heavy atom. The molecule has 3 N–H and O–H groups in total. The summed E-state index contributed by atoms with van der Waals surface area (Å²) in [5.74, 6) is -0.0630. The van der Waals surface area contributed by atoms with Crippen molar-refractivity contribution >= 4 is 5.91 Å². The van der Waals surface area contributed by atoms with Crippen molar-refractivity contribution in [2.75, 3.05) is 6.61 Å². The van der Waals surface area contributed by atoms with Crippen molar-refractivity contribution in [3.05, 3.63) is 24.3 Å². The summed E-state index contributed by atoms with van der Waals surface area (Å²) in [6.45, 7) is 4.27. The topological polar surface area (TPSA) is 69.6 Å². The SMILES string of the molecule is CCC/C=C\CCCCCCCC/C=C/[C@@H](O)[C@H](CO)NC(=O)CCCCCCCCCCCCCCCCCCCCCCCCCCCCC. The Labute approximate surface area is 326 Å². The molecule has 4 nitrogen and oxygen atoms in total. The van der Waals surface area contributed by atoms with Gasteiger partial charge in [-0.1, -0.05) is 237 Å². The molecule has 0 saturated heterocycles. The lowest BCUT2D eigenvalue weighted by Crippen LogP contribution is -2.45. The molecule has 0 aromatic heterocycles. The lowest BCUT2D eigenvalue weighted by molar-refractivity contribution is -0.123. The molecule has 0 fully saturated rings. The molecule has 0 unspecified atom stereocenters. The molecule has 1 amide bonds. The summed E-state index contributed by atoms with van der Waals surface area (Å²) in [7, 11) is 0. The van der Waals surface area contributed by atoms with E-state index in [0.29, 0.717) is 6.42 Å². The number of nitrogens with one attached hydrogen (secondary N) is 1. The zero-order valence-corrected chi connectivity index (χ0v) is 35.3. The van der Waals surface area contributed by atoms with Crippen LogP contribution >= 0.6 is 0 Å². The fraction of sp³-hybridized carbons (Fsp3) is 0.896. The molecule has 0 aromatic rings. The van der Waals surface area contributed by atoms with Crippen LogP contribution in [-0.4, -0.2) is 34.9 Å². The minimum absolute atomic E-state index is 0.0630. The molecular weight excluding hydrogens is 639 g/mol. The van der Waals surface area contributed by atoms with E-state index in [9.17, 15) is 15.0 Å². The molecule has 0 aliphatic rings. The standard InChI is InChI=1S/C48H93NO3/c1-3-5-7-9-11-13-15-17-18-19-20-21-22-23-24-25-26-27-28-29-30-32-34-36-38-40-42-44-48(52)49-46(45-50)47(51)43-41-39-37-35-33-31-16-14-12-10-8-6-4-2/h8,10,41,43,46-47,50-51H,3-7,9,11-40,42,44-45H2,1-2H3,(H,49,52)/b10-8-,43-41+/t46-,47+/m0/s1. The third-order valence-corrected chi connectivity index (χ3v) is 10.9. The average Bonchev–Trinajstić information content (AvgIpc) is 3.15. The molecule has 0 rings (SSSR count). The highest BCUT2D eigenvalue weighted by Gasteiger charge is 2.17. The highest BCUT2D eigenvalue weighted by atomic mass is 16.3. The van der Waals surface area contributed by atoms with Gasteiger partial charge in [-0.2, -0.15) is 0 Å². The number of hydrogen-bond donors (Lipinski definition) is 3. The van der Waals surface area contributed by atoms with Crippen LogP contribution < -0.4 is 5.32 Å². The molecule has 0 heterocycles. The molecule has 0 saturated carbocycles. The van der Waals surface area contributed by atoms with Crippen molar-refractivity contribution in [2.24, 2.45) is 0 Å². The Bertz CT molecular complexity index is 750. The van der Waals surface area contributed by atoms with Gasteiger partial charge in [0.05, 0.1) is 18.8 Å². The molecule has 0 aliphatic carbocycles. The maximum Gasteiger partial charge on any atom is 0.220 e. The average molecular weight is 732 g/mol. The van der Waals surface area contributed by atoms with Crippen LogP contribution in [0.5, 0.6) is 0 Å². The smallest absolute Gasteiger partial charge is 0.220 e. The van der Waals surface area contributed by atoms with E-state index in [-0.39, 0.29) is 12.5 Å². The van der Waals surface area contributed by atoms with Crippen molar-refractivity contribution < 1.29 is 15.0 Å². The summed E-state index contributed by atoms with van der Waals surface area (Å²) >= 11 is 0. The quantitative estimate of drug-likeness (QED) is 0.0432. The molecule has 0 radical (unpaired) electrons. The van der Waals surface area contributed by atoms with Crippen molar-refractivity contribution in [3.8, 4) is 0 Å². The van der Waals surface area contributed by atoms with E-state index in [1.807, 2.05) is 6.08 Å². The van der Waals surface area contributed by atoms with Crippen molar-refractivity contribution in [1.82, 2.24) is 5.32 Å². The first-order valence-electron chi connectivity index (χ1n) is 23.6. The molecule has 0 aliphatic heterocycles. The largest absolute Gasteiger partial charge is 0.394 e. The van der Waals surface area contributed by atoms with Crippen molar-refractivity contribution in [3.63, 3.8) is 0 Å². The third-order valence-electron chi connectivity index (χ3n) is 10.9. The molecule has 52 heavy (non-hydrogen) atoms. The first-order valence-corrected chi connectivity index (χ1v) is 23.6. The molecular formula is C48H93NO3. The van der Waals surface area contributed by atoms with Gasteiger partial charge in [0, 0.05) is 6.42 Å². The minimum atomic E-state index is -0.839. The summed E-state index contributed by atoms with van der Waals surface area (Å²) in [6, 6.07) is -0.621. The summed E-state index contributed by atoms with van der Waals surface area (Å²) < 4.78 is 0. The van der Waals surface area contributed by atoms with Crippen LogP contribution in [0.15, 0.2) is 24.3 Å². The number of rotatable bonds is 43. The van der Waals surface area contributed by atoms with Crippen LogP contribution in [0.25, 0.3) is 0 Å². The van der Waals surface area contributed by atoms with Gasteiger partial charge in [0.25, 0.3) is 0 Å². The van der Waals surface area contributed by atoms with E-state index in [1.54, 1.807) is 6.08 Å². The predicted octanol–water partition coefficient (Wildman–Crippen LogP) is 14.8. The van der Waals surface area contributed by atoms with Gasteiger partial charge in [-0.15, -0.1) is 0 Å². The van der Waals surface area contributed by atoms with Gasteiger partial charge in [0.15, 0.2) is 0 Å². The van der Waals surface area contributed by atoms with Gasteiger partial charge >= 0.3 is 0 Å².